The molecule has 0 spiro atoms. The van der Waals surface area contributed by atoms with Gasteiger partial charge in [-0.2, -0.15) is 0 Å². The van der Waals surface area contributed by atoms with E-state index in [0.717, 1.165) is 36.8 Å². The number of furan rings is 1. The van der Waals surface area contributed by atoms with Crippen molar-refractivity contribution < 1.29 is 9.52 Å². The van der Waals surface area contributed by atoms with Gasteiger partial charge >= 0.3 is 0 Å². The SMILES string of the molecule is OCC1CCCn2c(-c3ccco3)nnc21. The third-order valence-electron chi connectivity index (χ3n) is 3.04. The molecule has 0 saturated heterocycles. The summed E-state index contributed by atoms with van der Waals surface area (Å²) >= 11 is 0. The van der Waals surface area contributed by atoms with E-state index < -0.39 is 0 Å². The average Bonchev–Trinajstić information content (AvgIpc) is 2.96. The van der Waals surface area contributed by atoms with Crippen LogP contribution < -0.4 is 0 Å². The fourth-order valence-corrected chi connectivity index (χ4v) is 2.22. The highest BCUT2D eigenvalue weighted by Crippen LogP contribution is 2.29. The van der Waals surface area contributed by atoms with Gasteiger partial charge in [0, 0.05) is 12.5 Å². The van der Waals surface area contributed by atoms with Crippen molar-refractivity contribution in [2.24, 2.45) is 0 Å². The summed E-state index contributed by atoms with van der Waals surface area (Å²) in [4.78, 5) is 0. The van der Waals surface area contributed by atoms with Crippen molar-refractivity contribution in [1.29, 1.82) is 0 Å². The lowest BCUT2D eigenvalue weighted by atomic mass is 10.00. The van der Waals surface area contributed by atoms with Crippen molar-refractivity contribution in [3.63, 3.8) is 0 Å². The summed E-state index contributed by atoms with van der Waals surface area (Å²) in [5.74, 6) is 2.49. The Balaban J connectivity index is 2.06. The number of aliphatic hydroxyl groups excluding tert-OH is 1. The quantitative estimate of drug-likeness (QED) is 0.829. The third-order valence-corrected chi connectivity index (χ3v) is 3.04. The van der Waals surface area contributed by atoms with Gasteiger partial charge in [0.15, 0.2) is 11.6 Å². The summed E-state index contributed by atoms with van der Waals surface area (Å²) in [6, 6.07) is 3.71. The third kappa shape index (κ3) is 1.36. The van der Waals surface area contributed by atoms with Crippen LogP contribution in [-0.2, 0) is 6.54 Å². The number of aromatic nitrogens is 3. The van der Waals surface area contributed by atoms with E-state index in [4.69, 9.17) is 4.42 Å². The van der Waals surface area contributed by atoms with E-state index in [1.807, 2.05) is 16.7 Å². The number of hydrogen-bond acceptors (Lipinski definition) is 4. The highest BCUT2D eigenvalue weighted by molar-refractivity contribution is 5.47. The van der Waals surface area contributed by atoms with Gasteiger partial charge in [0.25, 0.3) is 0 Å². The first-order chi connectivity index (χ1) is 7.90. The maximum atomic E-state index is 9.27. The van der Waals surface area contributed by atoms with E-state index >= 15 is 0 Å². The number of fused-ring (bicyclic) bond motifs is 1. The molecule has 1 N–H and O–H groups in total. The average molecular weight is 219 g/mol. The van der Waals surface area contributed by atoms with E-state index in [-0.39, 0.29) is 12.5 Å². The first-order valence-corrected chi connectivity index (χ1v) is 5.48. The molecular weight excluding hydrogens is 206 g/mol. The Morgan fingerprint density at radius 3 is 3.19 bits per heavy atom. The minimum atomic E-state index is 0.116. The molecule has 0 saturated carbocycles. The minimum Gasteiger partial charge on any atom is -0.461 e. The number of nitrogens with zero attached hydrogens (tertiary/aromatic N) is 3. The molecule has 5 nitrogen and oxygen atoms in total. The van der Waals surface area contributed by atoms with E-state index in [1.54, 1.807) is 6.26 Å². The molecule has 5 heteroatoms. The molecule has 1 aliphatic heterocycles. The van der Waals surface area contributed by atoms with Gasteiger partial charge < -0.3 is 14.1 Å². The van der Waals surface area contributed by atoms with Gasteiger partial charge in [-0.25, -0.2) is 0 Å². The van der Waals surface area contributed by atoms with Crippen LogP contribution in [0.15, 0.2) is 22.8 Å². The number of aliphatic hydroxyl groups is 1. The van der Waals surface area contributed by atoms with E-state index in [0.29, 0.717) is 0 Å². The van der Waals surface area contributed by atoms with Crippen molar-refractivity contribution in [1.82, 2.24) is 14.8 Å². The monoisotopic (exact) mass is 219 g/mol. The smallest absolute Gasteiger partial charge is 0.199 e. The first-order valence-electron chi connectivity index (χ1n) is 5.48. The summed E-state index contributed by atoms with van der Waals surface area (Å²) in [5.41, 5.74) is 0. The van der Waals surface area contributed by atoms with Crippen LogP contribution >= 0.6 is 0 Å². The molecule has 2 aromatic rings. The molecule has 0 aromatic carbocycles. The lowest BCUT2D eigenvalue weighted by Gasteiger charge is -2.21. The largest absolute Gasteiger partial charge is 0.461 e. The fourth-order valence-electron chi connectivity index (χ4n) is 2.22. The van der Waals surface area contributed by atoms with Gasteiger partial charge in [-0.05, 0) is 25.0 Å². The van der Waals surface area contributed by atoms with E-state index in [2.05, 4.69) is 10.2 Å². The van der Waals surface area contributed by atoms with Gasteiger partial charge in [0.2, 0.25) is 0 Å². The summed E-state index contributed by atoms with van der Waals surface area (Å²) in [6.45, 7) is 1.03. The summed E-state index contributed by atoms with van der Waals surface area (Å²) in [7, 11) is 0. The molecule has 16 heavy (non-hydrogen) atoms. The normalized spacial score (nSPS) is 19.7. The van der Waals surface area contributed by atoms with Gasteiger partial charge in [0.05, 0.1) is 12.9 Å². The standard InChI is InChI=1S/C11H13N3O2/c15-7-8-3-1-5-14-10(8)12-13-11(14)9-4-2-6-16-9/h2,4,6,8,15H,1,3,5,7H2. The Labute approximate surface area is 92.7 Å². The molecule has 3 heterocycles. The molecule has 0 amide bonds. The Bertz CT molecular complexity index is 475. The van der Waals surface area contributed by atoms with Gasteiger partial charge in [0.1, 0.15) is 5.82 Å². The predicted molar refractivity (Wildman–Crippen MR) is 56.8 cm³/mol. The molecule has 0 fully saturated rings. The highest BCUT2D eigenvalue weighted by Gasteiger charge is 2.25. The Hall–Kier alpha value is -1.62. The summed E-state index contributed by atoms with van der Waals surface area (Å²) in [5, 5.41) is 17.6. The fraction of sp³-hybridized carbons (Fsp3) is 0.455. The molecule has 0 radical (unpaired) electrons. The van der Waals surface area contributed by atoms with Crippen LogP contribution in [0.5, 0.6) is 0 Å². The van der Waals surface area contributed by atoms with Crippen molar-refractivity contribution >= 4 is 0 Å². The molecule has 2 aromatic heterocycles. The highest BCUT2D eigenvalue weighted by atomic mass is 16.3. The molecule has 1 atom stereocenters. The topological polar surface area (TPSA) is 64.1 Å². The van der Waals surface area contributed by atoms with Crippen LogP contribution in [-0.4, -0.2) is 26.5 Å². The minimum absolute atomic E-state index is 0.116. The molecule has 1 aliphatic rings. The van der Waals surface area contributed by atoms with Crippen LogP contribution in [0.25, 0.3) is 11.6 Å². The van der Waals surface area contributed by atoms with Gasteiger partial charge in [-0.3, -0.25) is 0 Å². The predicted octanol–water partition coefficient (Wildman–Crippen LogP) is 1.41. The molecule has 1 unspecified atom stereocenters. The van der Waals surface area contributed by atoms with Crippen LogP contribution in [0.1, 0.15) is 24.6 Å². The van der Waals surface area contributed by atoms with Crippen LogP contribution in [0.4, 0.5) is 0 Å². The Morgan fingerprint density at radius 1 is 1.50 bits per heavy atom. The molecule has 84 valence electrons. The van der Waals surface area contributed by atoms with Crippen molar-refractivity contribution in [3.8, 4) is 11.6 Å². The van der Waals surface area contributed by atoms with Gasteiger partial charge in [-0.1, -0.05) is 0 Å². The molecule has 0 aliphatic carbocycles. The zero-order chi connectivity index (χ0) is 11.0. The Morgan fingerprint density at radius 2 is 2.44 bits per heavy atom. The number of hydrogen-bond donors (Lipinski definition) is 1. The van der Waals surface area contributed by atoms with Crippen LogP contribution in [0, 0.1) is 0 Å². The first kappa shape index (κ1) is 9.59. The summed E-state index contributed by atoms with van der Waals surface area (Å²) in [6.07, 6.45) is 3.65. The van der Waals surface area contributed by atoms with Crippen molar-refractivity contribution in [2.45, 2.75) is 25.3 Å². The Kier molecular flexibility index (Phi) is 2.25. The molecular formula is C11H13N3O2. The van der Waals surface area contributed by atoms with Crippen LogP contribution in [0.2, 0.25) is 0 Å². The summed E-state index contributed by atoms with van der Waals surface area (Å²) < 4.78 is 7.37. The van der Waals surface area contributed by atoms with Gasteiger partial charge in [-0.15, -0.1) is 10.2 Å². The molecule has 3 rings (SSSR count). The lowest BCUT2D eigenvalue weighted by molar-refractivity contribution is 0.238. The zero-order valence-electron chi connectivity index (χ0n) is 8.83. The van der Waals surface area contributed by atoms with Crippen molar-refractivity contribution in [2.75, 3.05) is 6.61 Å². The van der Waals surface area contributed by atoms with Crippen molar-refractivity contribution in [3.05, 3.63) is 24.2 Å². The van der Waals surface area contributed by atoms with E-state index in [1.165, 1.54) is 0 Å². The second-order valence-corrected chi connectivity index (χ2v) is 4.03. The molecule has 0 bridgehead atoms. The van der Waals surface area contributed by atoms with Crippen LogP contribution in [0.3, 0.4) is 0 Å². The lowest BCUT2D eigenvalue weighted by Crippen LogP contribution is -2.19. The second kappa shape index (κ2) is 3.75. The number of rotatable bonds is 2. The maximum absolute atomic E-state index is 9.27. The maximum Gasteiger partial charge on any atom is 0.199 e. The second-order valence-electron chi connectivity index (χ2n) is 4.03. The van der Waals surface area contributed by atoms with E-state index in [9.17, 15) is 5.11 Å². The zero-order valence-corrected chi connectivity index (χ0v) is 8.83.